The van der Waals surface area contributed by atoms with Crippen molar-refractivity contribution in [2.75, 3.05) is 0 Å². The van der Waals surface area contributed by atoms with Crippen LogP contribution in [0.1, 0.15) is 0 Å². The summed E-state index contributed by atoms with van der Waals surface area (Å²) in [6, 6.07) is 0. The van der Waals surface area contributed by atoms with Crippen LogP contribution in [0.15, 0.2) is 24.3 Å². The highest BCUT2D eigenvalue weighted by Crippen LogP contribution is 2.60. The Morgan fingerprint density at radius 2 is 1.69 bits per heavy atom. The van der Waals surface area contributed by atoms with E-state index in [9.17, 15) is 4.79 Å². The van der Waals surface area contributed by atoms with Crippen molar-refractivity contribution in [1.82, 2.24) is 0 Å². The van der Waals surface area contributed by atoms with Crippen LogP contribution in [0.25, 0.3) is 0 Å². The van der Waals surface area contributed by atoms with Crippen LogP contribution < -0.4 is 0 Å². The minimum absolute atomic E-state index is 0.0121. The molecule has 3 aliphatic carbocycles. The fraction of sp³-hybridized carbons (Fsp3) is 0.545. The summed E-state index contributed by atoms with van der Waals surface area (Å²) in [5.41, 5.74) is 0. The summed E-state index contributed by atoms with van der Waals surface area (Å²) >= 11 is 0. The van der Waals surface area contributed by atoms with E-state index in [1.54, 1.807) is 0 Å². The zero-order chi connectivity index (χ0) is 8.58. The number of carbonyl (C=O) groups excluding carboxylic acids is 1. The molecule has 0 unspecified atom stereocenters. The molecule has 0 spiro atoms. The van der Waals surface area contributed by atoms with E-state index < -0.39 is 0 Å². The number of rotatable bonds is 0. The van der Waals surface area contributed by atoms with E-state index in [1.807, 2.05) is 0 Å². The summed E-state index contributed by atoms with van der Waals surface area (Å²) in [6.45, 7) is 0. The van der Waals surface area contributed by atoms with Crippen molar-refractivity contribution in [2.24, 2.45) is 29.6 Å². The topological polar surface area (TPSA) is 26.3 Å². The number of hydrogen-bond donors (Lipinski definition) is 0. The van der Waals surface area contributed by atoms with Gasteiger partial charge in [-0.25, -0.2) is 0 Å². The fourth-order valence-electron chi connectivity index (χ4n) is 3.26. The molecule has 4 bridgehead atoms. The molecule has 1 saturated heterocycles. The molecule has 1 aliphatic heterocycles. The fourth-order valence-corrected chi connectivity index (χ4v) is 3.26. The van der Waals surface area contributed by atoms with Crippen LogP contribution >= 0.6 is 0 Å². The van der Waals surface area contributed by atoms with Crippen LogP contribution in [0, 0.1) is 29.6 Å². The van der Waals surface area contributed by atoms with Gasteiger partial charge in [0, 0.05) is 11.8 Å². The number of carbonyl (C=O) groups is 1. The molecule has 66 valence electrons. The summed E-state index contributed by atoms with van der Waals surface area (Å²) in [5, 5.41) is 0. The summed E-state index contributed by atoms with van der Waals surface area (Å²) < 4.78 is 5.41. The van der Waals surface area contributed by atoms with E-state index in [0.717, 1.165) is 0 Å². The van der Waals surface area contributed by atoms with Gasteiger partial charge in [-0.1, -0.05) is 24.3 Å². The first-order valence-corrected chi connectivity index (χ1v) is 4.93. The number of ether oxygens (including phenoxy) is 1. The number of allylic oxidation sites excluding steroid dienone is 2. The Bertz CT molecular complexity index is 355. The SMILES string of the molecule is O=C1O[C@H]2[C@H]3C=C[C@H]4[C@@H](C=C[C@@H]13)[C@H]42. The summed E-state index contributed by atoms with van der Waals surface area (Å²) in [4.78, 5) is 11.5. The molecule has 1 saturated carbocycles. The van der Waals surface area contributed by atoms with Gasteiger partial charge in [0.2, 0.25) is 0 Å². The van der Waals surface area contributed by atoms with Gasteiger partial charge in [0.15, 0.2) is 0 Å². The van der Waals surface area contributed by atoms with E-state index in [2.05, 4.69) is 24.3 Å². The predicted octanol–water partition coefficient (Wildman–Crippen LogP) is 1.15. The van der Waals surface area contributed by atoms with Gasteiger partial charge in [-0.3, -0.25) is 4.79 Å². The number of hydrogen-bond acceptors (Lipinski definition) is 2. The molecule has 0 amide bonds. The van der Waals surface area contributed by atoms with Gasteiger partial charge in [0.1, 0.15) is 6.10 Å². The molecule has 2 nitrogen and oxygen atoms in total. The highest BCUT2D eigenvalue weighted by molar-refractivity contribution is 5.78. The molecule has 4 rings (SSSR count). The maximum absolute atomic E-state index is 11.5. The summed E-state index contributed by atoms with van der Waals surface area (Å²) in [5.74, 6) is 2.31. The first-order chi connectivity index (χ1) is 6.36. The van der Waals surface area contributed by atoms with E-state index in [4.69, 9.17) is 4.74 Å². The highest BCUT2D eigenvalue weighted by Gasteiger charge is 2.62. The third kappa shape index (κ3) is 0.578. The molecule has 4 aliphatic rings. The Morgan fingerprint density at radius 3 is 2.54 bits per heavy atom. The third-order valence-electron chi connectivity index (χ3n) is 3.99. The second kappa shape index (κ2) is 1.74. The quantitative estimate of drug-likeness (QED) is 0.406. The average Bonchev–Trinajstić information content (AvgIpc) is 2.68. The number of fused-ring (bicyclic) bond motifs is 1. The molecular weight excluding hydrogens is 164 g/mol. The van der Waals surface area contributed by atoms with Gasteiger partial charge in [0.05, 0.1) is 5.92 Å². The second-order valence-corrected chi connectivity index (χ2v) is 4.51. The lowest BCUT2D eigenvalue weighted by molar-refractivity contribution is -0.144. The molecule has 6 atom stereocenters. The highest BCUT2D eigenvalue weighted by atomic mass is 16.6. The van der Waals surface area contributed by atoms with Crippen molar-refractivity contribution >= 4 is 5.97 Å². The van der Waals surface area contributed by atoms with Crippen molar-refractivity contribution in [1.29, 1.82) is 0 Å². The monoisotopic (exact) mass is 174 g/mol. The Kier molecular flexibility index (Phi) is 0.859. The Morgan fingerprint density at radius 1 is 1.00 bits per heavy atom. The predicted molar refractivity (Wildman–Crippen MR) is 45.6 cm³/mol. The molecule has 0 radical (unpaired) electrons. The Balaban J connectivity index is 1.93. The molecule has 1 heterocycles. The van der Waals surface area contributed by atoms with Crippen molar-refractivity contribution in [3.8, 4) is 0 Å². The molecule has 0 aromatic rings. The number of esters is 1. The zero-order valence-electron chi connectivity index (χ0n) is 7.09. The Labute approximate surface area is 76.3 Å². The van der Waals surface area contributed by atoms with Gasteiger partial charge in [-0.05, 0) is 11.8 Å². The molecule has 0 N–H and O–H groups in total. The molecule has 0 aromatic heterocycles. The van der Waals surface area contributed by atoms with Crippen molar-refractivity contribution in [3.63, 3.8) is 0 Å². The molecule has 2 heteroatoms. The van der Waals surface area contributed by atoms with Gasteiger partial charge >= 0.3 is 5.97 Å². The lowest BCUT2D eigenvalue weighted by Gasteiger charge is -2.18. The second-order valence-electron chi connectivity index (χ2n) is 4.51. The van der Waals surface area contributed by atoms with Crippen LogP contribution in [-0.4, -0.2) is 12.1 Å². The third-order valence-corrected chi connectivity index (χ3v) is 3.99. The van der Waals surface area contributed by atoms with Crippen molar-refractivity contribution in [2.45, 2.75) is 6.10 Å². The van der Waals surface area contributed by atoms with E-state index in [-0.39, 0.29) is 18.0 Å². The van der Waals surface area contributed by atoms with Gasteiger partial charge in [-0.2, -0.15) is 0 Å². The van der Waals surface area contributed by atoms with Gasteiger partial charge < -0.3 is 4.74 Å². The average molecular weight is 174 g/mol. The van der Waals surface area contributed by atoms with E-state index >= 15 is 0 Å². The van der Waals surface area contributed by atoms with Crippen LogP contribution in [0.2, 0.25) is 0 Å². The largest absolute Gasteiger partial charge is 0.461 e. The first-order valence-electron chi connectivity index (χ1n) is 4.93. The van der Waals surface area contributed by atoms with E-state index in [1.165, 1.54) is 0 Å². The lowest BCUT2D eigenvalue weighted by atomic mass is 9.85. The lowest BCUT2D eigenvalue weighted by Crippen LogP contribution is -2.22. The first kappa shape index (κ1) is 6.41. The molecular formula is C11H10O2. The van der Waals surface area contributed by atoms with Crippen molar-refractivity contribution < 1.29 is 9.53 Å². The van der Waals surface area contributed by atoms with Gasteiger partial charge in [0.25, 0.3) is 0 Å². The standard InChI is InChI=1S/C11H10O2/c12-11-8-4-2-6-5-1-3-7(8)10(13-11)9(5)6/h1-10H/t5-,6+,7-,8+,9-,10-/m0/s1. The minimum atomic E-state index is -0.0121. The smallest absolute Gasteiger partial charge is 0.313 e. The van der Waals surface area contributed by atoms with Crippen LogP contribution in [0.4, 0.5) is 0 Å². The van der Waals surface area contributed by atoms with E-state index in [0.29, 0.717) is 23.7 Å². The zero-order valence-corrected chi connectivity index (χ0v) is 7.09. The van der Waals surface area contributed by atoms with Gasteiger partial charge in [-0.15, -0.1) is 0 Å². The van der Waals surface area contributed by atoms with Crippen molar-refractivity contribution in [3.05, 3.63) is 24.3 Å². The van der Waals surface area contributed by atoms with Crippen LogP contribution in [-0.2, 0) is 9.53 Å². The maximum atomic E-state index is 11.5. The Hall–Kier alpha value is -1.05. The minimum Gasteiger partial charge on any atom is -0.461 e. The normalized spacial score (nSPS) is 58.9. The summed E-state index contributed by atoms with van der Waals surface area (Å²) in [7, 11) is 0. The van der Waals surface area contributed by atoms with Crippen LogP contribution in [0.3, 0.4) is 0 Å². The summed E-state index contributed by atoms with van der Waals surface area (Å²) in [6.07, 6.45) is 8.99. The maximum Gasteiger partial charge on any atom is 0.313 e. The molecule has 13 heavy (non-hydrogen) atoms. The molecule has 0 aromatic carbocycles. The van der Waals surface area contributed by atoms with Crippen LogP contribution in [0.5, 0.6) is 0 Å². The molecule has 2 fully saturated rings.